The molecule has 0 fully saturated rings. The second-order valence-corrected chi connectivity index (χ2v) is 7.80. The predicted octanol–water partition coefficient (Wildman–Crippen LogP) is 2.84. The van der Waals surface area contributed by atoms with Crippen molar-refractivity contribution in [2.24, 2.45) is 0 Å². The number of hydrogen-bond donors (Lipinski definition) is 3. The molecule has 0 saturated heterocycles. The standard InChI is InChI=1S/C17H13ClN4O5S/c18-10-1-3-11(4-2-10)22-28(24,25)17-13(8-19-21-17)16(23)20-12-5-6-14-15(7-12)27-9-26-14/h1-8,22H,9H2,(H,19,21)(H,20,23). The van der Waals surface area contributed by atoms with Crippen LogP contribution in [-0.4, -0.2) is 31.3 Å². The first-order valence-corrected chi connectivity index (χ1v) is 9.81. The summed E-state index contributed by atoms with van der Waals surface area (Å²) < 4.78 is 38.1. The fourth-order valence-corrected chi connectivity index (χ4v) is 3.82. The van der Waals surface area contributed by atoms with Crippen molar-refractivity contribution in [1.82, 2.24) is 10.2 Å². The first kappa shape index (κ1) is 18.1. The van der Waals surface area contributed by atoms with Crippen LogP contribution in [0.3, 0.4) is 0 Å². The summed E-state index contributed by atoms with van der Waals surface area (Å²) in [4.78, 5) is 12.6. The number of rotatable bonds is 5. The van der Waals surface area contributed by atoms with Crippen LogP contribution in [0.1, 0.15) is 10.4 Å². The van der Waals surface area contributed by atoms with Gasteiger partial charge < -0.3 is 14.8 Å². The molecule has 1 aliphatic heterocycles. The van der Waals surface area contributed by atoms with Gasteiger partial charge in [0.25, 0.3) is 15.9 Å². The molecule has 0 aliphatic carbocycles. The Labute approximate surface area is 164 Å². The maximum Gasteiger partial charge on any atom is 0.279 e. The molecule has 2 heterocycles. The number of ether oxygens (including phenoxy) is 2. The lowest BCUT2D eigenvalue weighted by molar-refractivity contribution is 0.102. The van der Waals surface area contributed by atoms with E-state index in [1.165, 1.54) is 12.1 Å². The summed E-state index contributed by atoms with van der Waals surface area (Å²) in [6.45, 7) is 0.104. The lowest BCUT2D eigenvalue weighted by Crippen LogP contribution is -2.19. The second kappa shape index (κ2) is 7.06. The summed E-state index contributed by atoms with van der Waals surface area (Å²) in [6.07, 6.45) is 1.14. The van der Waals surface area contributed by atoms with Crippen LogP contribution in [0.15, 0.2) is 53.7 Å². The number of halogens is 1. The van der Waals surface area contributed by atoms with Crippen LogP contribution in [0.4, 0.5) is 11.4 Å². The molecule has 2 aromatic carbocycles. The number of benzene rings is 2. The Bertz CT molecular complexity index is 1140. The lowest BCUT2D eigenvalue weighted by Gasteiger charge is -2.09. The van der Waals surface area contributed by atoms with Gasteiger partial charge in [-0.2, -0.15) is 13.5 Å². The van der Waals surface area contributed by atoms with Crippen LogP contribution in [0.2, 0.25) is 5.02 Å². The highest BCUT2D eigenvalue weighted by molar-refractivity contribution is 7.92. The molecular formula is C17H13ClN4O5S. The third-order valence-electron chi connectivity index (χ3n) is 3.84. The Morgan fingerprint density at radius 2 is 1.79 bits per heavy atom. The molecule has 0 bridgehead atoms. The van der Waals surface area contributed by atoms with Gasteiger partial charge >= 0.3 is 0 Å². The maximum atomic E-state index is 12.6. The summed E-state index contributed by atoms with van der Waals surface area (Å²) in [6, 6.07) is 10.9. The molecule has 11 heteroatoms. The van der Waals surface area contributed by atoms with Crippen molar-refractivity contribution in [3.05, 3.63) is 59.2 Å². The molecule has 0 atom stereocenters. The highest BCUT2D eigenvalue weighted by Crippen LogP contribution is 2.34. The first-order valence-electron chi connectivity index (χ1n) is 7.95. The Morgan fingerprint density at radius 3 is 2.57 bits per heavy atom. The quantitative estimate of drug-likeness (QED) is 0.583. The van der Waals surface area contributed by atoms with Gasteiger partial charge in [0, 0.05) is 22.5 Å². The monoisotopic (exact) mass is 420 g/mol. The van der Waals surface area contributed by atoms with Crippen molar-refractivity contribution in [2.75, 3.05) is 16.8 Å². The van der Waals surface area contributed by atoms with Gasteiger partial charge in [0.15, 0.2) is 16.5 Å². The van der Waals surface area contributed by atoms with Crippen molar-refractivity contribution >= 4 is 38.9 Å². The highest BCUT2D eigenvalue weighted by Gasteiger charge is 2.25. The van der Waals surface area contributed by atoms with E-state index >= 15 is 0 Å². The van der Waals surface area contributed by atoms with E-state index in [2.05, 4.69) is 20.2 Å². The van der Waals surface area contributed by atoms with E-state index in [0.29, 0.717) is 27.9 Å². The van der Waals surface area contributed by atoms with Gasteiger partial charge in [-0.1, -0.05) is 11.6 Å². The molecule has 1 amide bonds. The van der Waals surface area contributed by atoms with E-state index in [9.17, 15) is 13.2 Å². The van der Waals surface area contributed by atoms with Crippen molar-refractivity contribution in [1.29, 1.82) is 0 Å². The highest BCUT2D eigenvalue weighted by atomic mass is 35.5. The topological polar surface area (TPSA) is 122 Å². The third-order valence-corrected chi connectivity index (χ3v) is 5.45. The van der Waals surface area contributed by atoms with Gasteiger partial charge in [-0.3, -0.25) is 14.6 Å². The number of aromatic amines is 1. The zero-order chi connectivity index (χ0) is 19.7. The van der Waals surface area contributed by atoms with Crippen molar-refractivity contribution in [3.8, 4) is 11.5 Å². The minimum atomic E-state index is -4.08. The Hall–Kier alpha value is -3.24. The third kappa shape index (κ3) is 3.59. The zero-order valence-corrected chi connectivity index (χ0v) is 15.7. The molecule has 0 radical (unpaired) electrons. The number of nitrogens with one attached hydrogen (secondary N) is 3. The van der Waals surface area contributed by atoms with E-state index in [1.54, 1.807) is 30.3 Å². The molecule has 4 rings (SSSR count). The lowest BCUT2D eigenvalue weighted by atomic mass is 10.2. The van der Waals surface area contributed by atoms with Crippen LogP contribution in [-0.2, 0) is 10.0 Å². The number of nitrogens with zero attached hydrogens (tertiary/aromatic N) is 1. The fraction of sp³-hybridized carbons (Fsp3) is 0.0588. The number of hydrogen-bond acceptors (Lipinski definition) is 6. The zero-order valence-electron chi connectivity index (χ0n) is 14.1. The Morgan fingerprint density at radius 1 is 1.07 bits per heavy atom. The van der Waals surface area contributed by atoms with Crippen LogP contribution >= 0.6 is 11.6 Å². The fourth-order valence-electron chi connectivity index (χ4n) is 2.54. The molecule has 28 heavy (non-hydrogen) atoms. The molecule has 144 valence electrons. The second-order valence-electron chi connectivity index (χ2n) is 5.75. The van der Waals surface area contributed by atoms with Gasteiger partial charge in [0.1, 0.15) is 0 Å². The summed E-state index contributed by atoms with van der Waals surface area (Å²) in [5.74, 6) is 0.406. The Balaban J connectivity index is 1.56. The van der Waals surface area contributed by atoms with Gasteiger partial charge in [-0.05, 0) is 36.4 Å². The number of carbonyl (C=O) groups is 1. The molecule has 9 nitrogen and oxygen atoms in total. The molecule has 1 aliphatic rings. The molecular weight excluding hydrogens is 408 g/mol. The van der Waals surface area contributed by atoms with Crippen LogP contribution in [0, 0.1) is 0 Å². The van der Waals surface area contributed by atoms with Gasteiger partial charge in [0.2, 0.25) is 6.79 Å². The largest absolute Gasteiger partial charge is 0.454 e. The van der Waals surface area contributed by atoms with Crippen LogP contribution < -0.4 is 19.5 Å². The number of carbonyl (C=O) groups excluding carboxylic acids is 1. The van der Waals surface area contributed by atoms with Crippen molar-refractivity contribution in [2.45, 2.75) is 5.03 Å². The van der Waals surface area contributed by atoms with Gasteiger partial charge in [-0.25, -0.2) is 0 Å². The van der Waals surface area contributed by atoms with Crippen LogP contribution in [0.25, 0.3) is 0 Å². The van der Waals surface area contributed by atoms with E-state index in [4.69, 9.17) is 21.1 Å². The van der Waals surface area contributed by atoms with Gasteiger partial charge in [-0.15, -0.1) is 0 Å². The first-order chi connectivity index (χ1) is 13.4. The smallest absolute Gasteiger partial charge is 0.279 e. The molecule has 3 aromatic rings. The van der Waals surface area contributed by atoms with E-state index in [0.717, 1.165) is 6.20 Å². The van der Waals surface area contributed by atoms with Crippen molar-refractivity contribution in [3.63, 3.8) is 0 Å². The van der Waals surface area contributed by atoms with E-state index in [-0.39, 0.29) is 17.4 Å². The predicted molar refractivity (Wildman–Crippen MR) is 101 cm³/mol. The van der Waals surface area contributed by atoms with Gasteiger partial charge in [0.05, 0.1) is 11.8 Å². The maximum absolute atomic E-state index is 12.6. The number of aromatic nitrogens is 2. The molecule has 3 N–H and O–H groups in total. The average molecular weight is 421 g/mol. The summed E-state index contributed by atoms with van der Waals surface area (Å²) >= 11 is 5.80. The molecule has 1 aromatic heterocycles. The summed E-state index contributed by atoms with van der Waals surface area (Å²) in [5.41, 5.74) is 0.574. The van der Waals surface area contributed by atoms with Crippen LogP contribution in [0.5, 0.6) is 11.5 Å². The average Bonchev–Trinajstić information content (AvgIpc) is 3.32. The minimum Gasteiger partial charge on any atom is -0.454 e. The van der Waals surface area contributed by atoms with E-state index < -0.39 is 15.9 Å². The number of H-pyrrole nitrogens is 1. The normalized spacial score (nSPS) is 12.6. The molecule has 0 saturated carbocycles. The summed E-state index contributed by atoms with van der Waals surface area (Å²) in [7, 11) is -4.08. The molecule has 0 unspecified atom stereocenters. The number of fused-ring (bicyclic) bond motifs is 1. The van der Waals surface area contributed by atoms with E-state index in [1.807, 2.05) is 0 Å². The van der Waals surface area contributed by atoms with Crippen molar-refractivity contribution < 1.29 is 22.7 Å². The Kier molecular flexibility index (Phi) is 4.57. The SMILES string of the molecule is O=C(Nc1ccc2c(c1)OCO2)c1cn[nH]c1S(=O)(=O)Nc1ccc(Cl)cc1. The number of amides is 1. The number of anilines is 2. The summed E-state index contributed by atoms with van der Waals surface area (Å²) in [5, 5.41) is 8.77. The molecule has 0 spiro atoms. The minimum absolute atomic E-state index is 0.104. The number of sulfonamides is 1.